The third-order valence-electron chi connectivity index (χ3n) is 4.16. The lowest BCUT2D eigenvalue weighted by Gasteiger charge is -2.23. The molecule has 0 heterocycles. The highest BCUT2D eigenvalue weighted by molar-refractivity contribution is 5.79. The van der Waals surface area contributed by atoms with Crippen molar-refractivity contribution in [1.82, 2.24) is 5.32 Å². The van der Waals surface area contributed by atoms with E-state index >= 15 is 0 Å². The molecule has 2 N–H and O–H groups in total. The molecular formula is C18H19NO2. The molecule has 0 aliphatic heterocycles. The van der Waals surface area contributed by atoms with Crippen molar-refractivity contribution in [2.75, 3.05) is 0 Å². The van der Waals surface area contributed by atoms with Gasteiger partial charge < -0.3 is 10.4 Å². The molecule has 0 spiro atoms. The van der Waals surface area contributed by atoms with Crippen LogP contribution in [0.2, 0.25) is 0 Å². The van der Waals surface area contributed by atoms with Crippen LogP contribution in [-0.4, -0.2) is 11.0 Å². The number of phenolic OH excluding ortho intramolecular Hbond substituents is 1. The molecule has 0 radical (unpaired) electrons. The zero-order valence-corrected chi connectivity index (χ0v) is 11.9. The Bertz CT molecular complexity index is 651. The highest BCUT2D eigenvalue weighted by Crippen LogP contribution is 2.25. The van der Waals surface area contributed by atoms with Gasteiger partial charge in [-0.25, -0.2) is 0 Å². The number of phenols is 1. The zero-order chi connectivity index (χ0) is 14.7. The number of aryl methyl sites for hydroxylation is 1. The van der Waals surface area contributed by atoms with Gasteiger partial charge in [0.25, 0.3) is 0 Å². The molecule has 1 unspecified atom stereocenters. The number of para-hydroxylation sites is 1. The molecule has 1 aliphatic carbocycles. The van der Waals surface area contributed by atoms with Crippen molar-refractivity contribution in [2.24, 2.45) is 5.92 Å². The van der Waals surface area contributed by atoms with Crippen LogP contribution in [0.15, 0.2) is 48.5 Å². The normalized spacial score (nSPS) is 17.0. The van der Waals surface area contributed by atoms with Crippen molar-refractivity contribution < 1.29 is 9.90 Å². The maximum Gasteiger partial charge on any atom is 0.223 e. The third kappa shape index (κ3) is 3.07. The van der Waals surface area contributed by atoms with Crippen LogP contribution in [0.5, 0.6) is 5.75 Å². The van der Waals surface area contributed by atoms with E-state index in [-0.39, 0.29) is 17.6 Å². The molecule has 2 aromatic rings. The lowest BCUT2D eigenvalue weighted by molar-refractivity contribution is -0.125. The first-order valence-electron chi connectivity index (χ1n) is 7.35. The smallest absolute Gasteiger partial charge is 0.223 e. The number of rotatable bonds is 3. The van der Waals surface area contributed by atoms with Crippen molar-refractivity contribution in [1.29, 1.82) is 0 Å². The monoisotopic (exact) mass is 281 g/mol. The van der Waals surface area contributed by atoms with Gasteiger partial charge in [0.05, 0.1) is 0 Å². The van der Waals surface area contributed by atoms with Gasteiger partial charge in [0.15, 0.2) is 0 Å². The number of hydrogen-bond acceptors (Lipinski definition) is 2. The number of carbonyl (C=O) groups excluding carboxylic acids is 1. The van der Waals surface area contributed by atoms with Crippen molar-refractivity contribution >= 4 is 5.91 Å². The van der Waals surface area contributed by atoms with E-state index in [1.165, 1.54) is 11.1 Å². The summed E-state index contributed by atoms with van der Waals surface area (Å²) in [5, 5.41) is 12.7. The quantitative estimate of drug-likeness (QED) is 0.909. The lowest BCUT2D eigenvalue weighted by atomic mass is 9.83. The summed E-state index contributed by atoms with van der Waals surface area (Å²) in [5.41, 5.74) is 3.40. The van der Waals surface area contributed by atoms with Gasteiger partial charge in [0.2, 0.25) is 5.91 Å². The Balaban J connectivity index is 1.61. The van der Waals surface area contributed by atoms with E-state index in [4.69, 9.17) is 0 Å². The third-order valence-corrected chi connectivity index (χ3v) is 4.16. The summed E-state index contributed by atoms with van der Waals surface area (Å²) in [6, 6.07) is 15.4. The van der Waals surface area contributed by atoms with Crippen LogP contribution < -0.4 is 5.32 Å². The summed E-state index contributed by atoms with van der Waals surface area (Å²) in [7, 11) is 0. The summed E-state index contributed by atoms with van der Waals surface area (Å²) >= 11 is 0. The van der Waals surface area contributed by atoms with Crippen LogP contribution in [0.25, 0.3) is 0 Å². The van der Waals surface area contributed by atoms with Crippen molar-refractivity contribution in [3.05, 3.63) is 65.2 Å². The Morgan fingerprint density at radius 1 is 1.10 bits per heavy atom. The minimum atomic E-state index is 0.0331. The van der Waals surface area contributed by atoms with Crippen LogP contribution >= 0.6 is 0 Å². The molecule has 0 saturated carbocycles. The number of carbonyl (C=O) groups is 1. The molecule has 1 atom stereocenters. The number of nitrogens with one attached hydrogen (secondary N) is 1. The Morgan fingerprint density at radius 2 is 1.81 bits per heavy atom. The van der Waals surface area contributed by atoms with E-state index < -0.39 is 0 Å². The van der Waals surface area contributed by atoms with Crippen LogP contribution in [0.3, 0.4) is 0 Å². The minimum Gasteiger partial charge on any atom is -0.508 e. The molecule has 0 saturated heterocycles. The van der Waals surface area contributed by atoms with E-state index in [1.54, 1.807) is 12.1 Å². The van der Waals surface area contributed by atoms with Crippen LogP contribution in [0.1, 0.15) is 23.1 Å². The number of amides is 1. The van der Waals surface area contributed by atoms with E-state index in [0.717, 1.165) is 24.8 Å². The fourth-order valence-electron chi connectivity index (χ4n) is 2.91. The lowest BCUT2D eigenvalue weighted by Crippen LogP contribution is -2.33. The predicted octanol–water partition coefficient (Wildman–Crippen LogP) is 2.81. The van der Waals surface area contributed by atoms with Crippen molar-refractivity contribution in [3.63, 3.8) is 0 Å². The second-order valence-corrected chi connectivity index (χ2v) is 5.55. The van der Waals surface area contributed by atoms with Gasteiger partial charge in [-0.05, 0) is 36.5 Å². The Hall–Kier alpha value is -2.29. The molecule has 2 aromatic carbocycles. The fourth-order valence-corrected chi connectivity index (χ4v) is 2.91. The predicted molar refractivity (Wildman–Crippen MR) is 81.9 cm³/mol. The first kappa shape index (κ1) is 13.7. The van der Waals surface area contributed by atoms with Gasteiger partial charge >= 0.3 is 0 Å². The van der Waals surface area contributed by atoms with E-state index in [9.17, 15) is 9.90 Å². The number of benzene rings is 2. The first-order valence-corrected chi connectivity index (χ1v) is 7.35. The SMILES string of the molecule is O=C(NCc1ccccc1O)C1CCc2ccccc2C1. The summed E-state index contributed by atoms with van der Waals surface area (Å²) in [6.07, 6.45) is 2.66. The molecule has 3 rings (SSSR count). The van der Waals surface area contributed by atoms with Gasteiger partial charge in [-0.2, -0.15) is 0 Å². The molecule has 21 heavy (non-hydrogen) atoms. The van der Waals surface area contributed by atoms with Gasteiger partial charge in [-0.3, -0.25) is 4.79 Å². The molecule has 0 fully saturated rings. The standard InChI is InChI=1S/C18H19NO2/c20-17-8-4-3-7-16(17)12-19-18(21)15-10-9-13-5-1-2-6-14(13)11-15/h1-8,15,20H,9-12H2,(H,19,21). The maximum atomic E-state index is 12.3. The minimum absolute atomic E-state index is 0.0331. The largest absolute Gasteiger partial charge is 0.508 e. The maximum absolute atomic E-state index is 12.3. The molecule has 3 heteroatoms. The average Bonchev–Trinajstić information content (AvgIpc) is 2.53. The highest BCUT2D eigenvalue weighted by atomic mass is 16.3. The molecule has 108 valence electrons. The molecular weight excluding hydrogens is 262 g/mol. The van der Waals surface area contributed by atoms with Crippen molar-refractivity contribution in [3.8, 4) is 5.75 Å². The highest BCUT2D eigenvalue weighted by Gasteiger charge is 2.24. The molecule has 1 aliphatic rings. The molecule has 0 aromatic heterocycles. The van der Waals surface area contributed by atoms with Gasteiger partial charge in [-0.1, -0.05) is 42.5 Å². The topological polar surface area (TPSA) is 49.3 Å². The average molecular weight is 281 g/mol. The molecule has 0 bridgehead atoms. The Labute approximate surface area is 124 Å². The number of fused-ring (bicyclic) bond motifs is 1. The van der Waals surface area contributed by atoms with Crippen LogP contribution in [0.4, 0.5) is 0 Å². The van der Waals surface area contributed by atoms with E-state index in [1.807, 2.05) is 18.2 Å². The van der Waals surface area contributed by atoms with E-state index in [2.05, 4.69) is 23.5 Å². The van der Waals surface area contributed by atoms with Gasteiger partial charge in [-0.15, -0.1) is 0 Å². The first-order chi connectivity index (χ1) is 10.2. The fraction of sp³-hybridized carbons (Fsp3) is 0.278. The summed E-state index contributed by atoms with van der Waals surface area (Å²) in [6.45, 7) is 0.379. The Kier molecular flexibility index (Phi) is 3.91. The van der Waals surface area contributed by atoms with Crippen molar-refractivity contribution in [2.45, 2.75) is 25.8 Å². The van der Waals surface area contributed by atoms with Gasteiger partial charge in [0, 0.05) is 18.0 Å². The summed E-state index contributed by atoms with van der Waals surface area (Å²) in [4.78, 5) is 12.3. The van der Waals surface area contributed by atoms with Gasteiger partial charge in [0.1, 0.15) is 5.75 Å². The van der Waals surface area contributed by atoms with Crippen LogP contribution in [-0.2, 0) is 24.2 Å². The second-order valence-electron chi connectivity index (χ2n) is 5.55. The van der Waals surface area contributed by atoms with E-state index in [0.29, 0.717) is 6.54 Å². The number of aromatic hydroxyl groups is 1. The second kappa shape index (κ2) is 6.00. The number of hydrogen-bond donors (Lipinski definition) is 2. The molecule has 1 amide bonds. The summed E-state index contributed by atoms with van der Waals surface area (Å²) < 4.78 is 0. The van der Waals surface area contributed by atoms with Crippen LogP contribution in [0, 0.1) is 5.92 Å². The summed E-state index contributed by atoms with van der Waals surface area (Å²) in [5.74, 6) is 0.338. The Morgan fingerprint density at radius 3 is 2.62 bits per heavy atom. The zero-order valence-electron chi connectivity index (χ0n) is 11.9. The molecule has 3 nitrogen and oxygen atoms in total.